The van der Waals surface area contributed by atoms with E-state index < -0.39 is 6.17 Å². The molecule has 3 aliphatic carbocycles. The number of hydrogen-bond acceptors (Lipinski definition) is 2. The molecular weight excluding hydrogens is 403 g/mol. The second-order valence-electron chi connectivity index (χ2n) is 11.3. The summed E-state index contributed by atoms with van der Waals surface area (Å²) < 4.78 is 14.5. The molecule has 3 saturated carbocycles. The van der Waals surface area contributed by atoms with Gasteiger partial charge in [-0.2, -0.15) is 0 Å². The fourth-order valence-electron chi connectivity index (χ4n) is 6.16. The quantitative estimate of drug-likeness (QED) is 0.592. The minimum absolute atomic E-state index is 0.00977. The van der Waals surface area contributed by atoms with Crippen LogP contribution >= 0.6 is 11.6 Å². The van der Waals surface area contributed by atoms with Gasteiger partial charge in [0.25, 0.3) is 0 Å². The molecule has 4 aliphatic rings. The van der Waals surface area contributed by atoms with E-state index in [1.54, 1.807) is 0 Å². The van der Waals surface area contributed by atoms with Crippen LogP contribution in [0.25, 0.3) is 0 Å². The lowest BCUT2D eigenvalue weighted by atomic mass is 9.70. The monoisotopic (exact) mass is 440 g/mol. The molecule has 4 fully saturated rings. The lowest BCUT2D eigenvalue weighted by Gasteiger charge is -2.49. The Morgan fingerprint density at radius 1 is 0.967 bits per heavy atom. The van der Waals surface area contributed by atoms with Gasteiger partial charge in [0.2, 0.25) is 11.8 Å². The Morgan fingerprint density at radius 3 is 2.20 bits per heavy atom. The second kappa shape index (κ2) is 8.26. The van der Waals surface area contributed by atoms with Crippen molar-refractivity contribution in [2.45, 2.75) is 95.6 Å². The standard InChI is InChI=1S/C24H38ClFN2O2/c1-23(2)15-27(22(30)24(3)10-11-24)12-13-28(23)21(29)17-6-4-16(5-7-17)19-9-8-18(25)14-20(19)26/h16-20H,4-15H2,1-3H3. The van der Waals surface area contributed by atoms with E-state index in [1.165, 1.54) is 0 Å². The van der Waals surface area contributed by atoms with E-state index in [2.05, 4.69) is 20.8 Å². The van der Waals surface area contributed by atoms with Gasteiger partial charge in [0, 0.05) is 36.3 Å². The van der Waals surface area contributed by atoms with Crippen LogP contribution in [0, 0.1) is 23.2 Å². The van der Waals surface area contributed by atoms with Crippen LogP contribution in [-0.4, -0.2) is 58.3 Å². The number of piperazine rings is 1. The van der Waals surface area contributed by atoms with Gasteiger partial charge in [0.1, 0.15) is 6.17 Å². The highest BCUT2D eigenvalue weighted by Gasteiger charge is 2.50. The Labute approximate surface area is 185 Å². The maximum atomic E-state index is 14.5. The molecule has 0 aromatic rings. The number of nitrogens with zero attached hydrogens (tertiary/aromatic N) is 2. The fourth-order valence-corrected chi connectivity index (χ4v) is 6.45. The van der Waals surface area contributed by atoms with Crippen LogP contribution in [0.5, 0.6) is 0 Å². The third-order valence-electron chi connectivity index (χ3n) is 8.46. The van der Waals surface area contributed by atoms with Crippen molar-refractivity contribution in [2.75, 3.05) is 19.6 Å². The van der Waals surface area contributed by atoms with Crippen LogP contribution in [0.2, 0.25) is 0 Å². The summed E-state index contributed by atoms with van der Waals surface area (Å²) >= 11 is 6.14. The second-order valence-corrected chi connectivity index (χ2v) is 11.9. The zero-order chi connectivity index (χ0) is 21.7. The molecule has 0 spiro atoms. The highest BCUT2D eigenvalue weighted by Crippen LogP contribution is 2.47. The number of carbonyl (C=O) groups is 2. The van der Waals surface area contributed by atoms with E-state index in [0.29, 0.717) is 32.0 Å². The smallest absolute Gasteiger partial charge is 0.228 e. The van der Waals surface area contributed by atoms with E-state index in [0.717, 1.165) is 51.4 Å². The maximum Gasteiger partial charge on any atom is 0.228 e. The first kappa shape index (κ1) is 22.4. The Balaban J connectivity index is 1.31. The lowest BCUT2D eigenvalue weighted by Crippen LogP contribution is -2.63. The van der Waals surface area contributed by atoms with Crippen molar-refractivity contribution < 1.29 is 14.0 Å². The molecule has 1 saturated heterocycles. The van der Waals surface area contributed by atoms with Crippen LogP contribution in [0.15, 0.2) is 0 Å². The van der Waals surface area contributed by atoms with Crippen LogP contribution in [-0.2, 0) is 9.59 Å². The van der Waals surface area contributed by atoms with Gasteiger partial charge in [-0.05, 0) is 83.5 Å². The molecule has 4 rings (SSSR count). The molecule has 1 aliphatic heterocycles. The van der Waals surface area contributed by atoms with Gasteiger partial charge in [0.15, 0.2) is 0 Å². The summed E-state index contributed by atoms with van der Waals surface area (Å²) in [6.07, 6.45) is 7.12. The molecule has 0 bridgehead atoms. The predicted molar refractivity (Wildman–Crippen MR) is 117 cm³/mol. The summed E-state index contributed by atoms with van der Waals surface area (Å²) in [5.74, 6) is 1.08. The molecule has 4 nitrogen and oxygen atoms in total. The number of halogens is 2. The zero-order valence-electron chi connectivity index (χ0n) is 18.8. The number of rotatable bonds is 3. The summed E-state index contributed by atoms with van der Waals surface area (Å²) in [7, 11) is 0. The molecule has 3 unspecified atom stereocenters. The van der Waals surface area contributed by atoms with E-state index in [-0.39, 0.29) is 40.0 Å². The zero-order valence-corrected chi connectivity index (χ0v) is 19.6. The van der Waals surface area contributed by atoms with Gasteiger partial charge in [-0.1, -0.05) is 6.92 Å². The third kappa shape index (κ3) is 4.38. The predicted octanol–water partition coefficient (Wildman–Crippen LogP) is 4.79. The summed E-state index contributed by atoms with van der Waals surface area (Å²) in [6, 6.07) is 0. The minimum Gasteiger partial charge on any atom is -0.338 e. The molecule has 170 valence electrons. The maximum absolute atomic E-state index is 14.5. The molecule has 1 heterocycles. The van der Waals surface area contributed by atoms with Crippen molar-refractivity contribution >= 4 is 23.4 Å². The highest BCUT2D eigenvalue weighted by molar-refractivity contribution is 6.20. The molecule has 0 radical (unpaired) electrons. The van der Waals surface area contributed by atoms with Gasteiger partial charge in [0.05, 0.1) is 5.54 Å². The average Bonchev–Trinajstić information content (AvgIpc) is 3.45. The van der Waals surface area contributed by atoms with Crippen molar-refractivity contribution in [1.82, 2.24) is 9.80 Å². The average molecular weight is 441 g/mol. The minimum atomic E-state index is -0.781. The SMILES string of the molecule is CC1(C(=O)N2CCN(C(=O)C3CCC(C4CCC(Cl)CC4F)CC3)C(C)(C)C2)CC1. The topological polar surface area (TPSA) is 40.6 Å². The molecule has 0 aromatic carbocycles. The normalized spacial score (nSPS) is 38.2. The highest BCUT2D eigenvalue weighted by atomic mass is 35.5. The van der Waals surface area contributed by atoms with Crippen molar-refractivity contribution in [1.29, 1.82) is 0 Å². The first-order valence-corrected chi connectivity index (χ1v) is 12.4. The number of carbonyl (C=O) groups excluding carboxylic acids is 2. The first-order valence-electron chi connectivity index (χ1n) is 12.0. The Hall–Kier alpha value is -0.840. The van der Waals surface area contributed by atoms with Gasteiger partial charge in [-0.25, -0.2) is 4.39 Å². The van der Waals surface area contributed by atoms with E-state index >= 15 is 0 Å². The molecular formula is C24H38ClFN2O2. The van der Waals surface area contributed by atoms with Gasteiger partial charge in [-0.15, -0.1) is 11.6 Å². The number of hydrogen-bond donors (Lipinski definition) is 0. The Bertz CT molecular complexity index is 672. The number of alkyl halides is 2. The van der Waals surface area contributed by atoms with Gasteiger partial charge in [-0.3, -0.25) is 9.59 Å². The molecule has 0 N–H and O–H groups in total. The summed E-state index contributed by atoms with van der Waals surface area (Å²) in [5, 5.41) is -0.00977. The number of amides is 2. The fraction of sp³-hybridized carbons (Fsp3) is 0.917. The van der Waals surface area contributed by atoms with Crippen molar-refractivity contribution in [2.24, 2.45) is 23.2 Å². The van der Waals surface area contributed by atoms with Crippen LogP contribution < -0.4 is 0 Å². The first-order chi connectivity index (χ1) is 14.1. The molecule has 3 atom stereocenters. The van der Waals surface area contributed by atoms with Crippen molar-refractivity contribution in [3.63, 3.8) is 0 Å². The van der Waals surface area contributed by atoms with E-state index in [4.69, 9.17) is 11.6 Å². The van der Waals surface area contributed by atoms with E-state index in [9.17, 15) is 14.0 Å². The molecule has 30 heavy (non-hydrogen) atoms. The van der Waals surface area contributed by atoms with Gasteiger partial charge < -0.3 is 9.80 Å². The molecule has 0 aromatic heterocycles. The van der Waals surface area contributed by atoms with E-state index in [1.807, 2.05) is 9.80 Å². The third-order valence-corrected chi connectivity index (χ3v) is 8.85. The Morgan fingerprint density at radius 2 is 1.63 bits per heavy atom. The van der Waals surface area contributed by atoms with Crippen LogP contribution in [0.1, 0.15) is 78.6 Å². The largest absolute Gasteiger partial charge is 0.338 e. The van der Waals surface area contributed by atoms with Crippen LogP contribution in [0.3, 0.4) is 0 Å². The molecule has 6 heteroatoms. The van der Waals surface area contributed by atoms with Crippen molar-refractivity contribution in [3.8, 4) is 0 Å². The van der Waals surface area contributed by atoms with Crippen molar-refractivity contribution in [3.05, 3.63) is 0 Å². The lowest BCUT2D eigenvalue weighted by molar-refractivity contribution is -0.153. The summed E-state index contributed by atoms with van der Waals surface area (Å²) in [6.45, 7) is 8.12. The summed E-state index contributed by atoms with van der Waals surface area (Å²) in [5.41, 5.74) is -0.493. The Kier molecular flexibility index (Phi) is 6.15. The summed E-state index contributed by atoms with van der Waals surface area (Å²) in [4.78, 5) is 30.1. The van der Waals surface area contributed by atoms with Gasteiger partial charge >= 0.3 is 0 Å². The molecule has 2 amide bonds. The van der Waals surface area contributed by atoms with Crippen LogP contribution in [0.4, 0.5) is 4.39 Å².